The van der Waals surface area contributed by atoms with Gasteiger partial charge in [0.05, 0.1) is 30.9 Å². The zero-order valence-electron chi connectivity index (χ0n) is 15.7. The van der Waals surface area contributed by atoms with Crippen molar-refractivity contribution in [2.45, 2.75) is 12.5 Å². The van der Waals surface area contributed by atoms with Gasteiger partial charge in [-0.25, -0.2) is 9.29 Å². The van der Waals surface area contributed by atoms with Gasteiger partial charge in [-0.2, -0.15) is 0 Å². The number of methoxy groups -OCH3 is 1. The number of carbonyl (C=O) groups is 2. The fraction of sp³-hybridized carbons (Fsp3) is 0.333. The first-order valence-corrected chi connectivity index (χ1v) is 9.33. The Bertz CT molecular complexity index is 879. The van der Waals surface area contributed by atoms with Gasteiger partial charge in [0.25, 0.3) is 5.91 Å². The Morgan fingerprint density at radius 3 is 2.29 bits per heavy atom. The number of nitrogens with zero attached hydrogens (tertiary/aromatic N) is 3. The minimum Gasteiger partial charge on any atom is -0.497 e. The fourth-order valence-corrected chi connectivity index (χ4v) is 3.89. The third-order valence-corrected chi connectivity index (χ3v) is 5.40. The number of rotatable bonds is 4. The van der Waals surface area contributed by atoms with Crippen LogP contribution in [0.3, 0.4) is 0 Å². The summed E-state index contributed by atoms with van der Waals surface area (Å²) >= 11 is 0. The van der Waals surface area contributed by atoms with E-state index in [1.54, 1.807) is 43.5 Å². The topological polar surface area (TPSA) is 53.1 Å². The molecule has 0 aliphatic carbocycles. The number of benzene rings is 2. The summed E-state index contributed by atoms with van der Waals surface area (Å²) in [5.74, 6) is 0.0311. The van der Waals surface area contributed by atoms with E-state index in [1.807, 2.05) is 15.9 Å². The lowest BCUT2D eigenvalue weighted by atomic mass is 10.1. The number of hydrogen-bond acceptors (Lipinski definition) is 5. The highest BCUT2D eigenvalue weighted by atomic mass is 19.1. The molecule has 146 valence electrons. The van der Waals surface area contributed by atoms with Crippen molar-refractivity contribution in [2.24, 2.45) is 0 Å². The van der Waals surface area contributed by atoms with Crippen LogP contribution in [0.5, 0.6) is 5.75 Å². The molecule has 2 aromatic rings. The quantitative estimate of drug-likeness (QED) is 0.759. The average Bonchev–Trinajstić information content (AvgIpc) is 3.03. The second kappa shape index (κ2) is 7.59. The maximum absolute atomic E-state index is 14.0. The first kappa shape index (κ1) is 18.4. The summed E-state index contributed by atoms with van der Waals surface area (Å²) in [6.07, 6.45) is 0.171. The molecule has 2 fully saturated rings. The normalized spacial score (nSPS) is 20.7. The van der Waals surface area contributed by atoms with Gasteiger partial charge in [-0.3, -0.25) is 14.5 Å². The molecule has 0 N–H and O–H groups in total. The number of amides is 2. The molecule has 2 aliphatic heterocycles. The van der Waals surface area contributed by atoms with Gasteiger partial charge in [0.1, 0.15) is 11.6 Å². The summed E-state index contributed by atoms with van der Waals surface area (Å²) < 4.78 is 19.1. The molecule has 0 unspecified atom stereocenters. The Labute approximate surface area is 163 Å². The van der Waals surface area contributed by atoms with Crippen molar-refractivity contribution < 1.29 is 18.7 Å². The van der Waals surface area contributed by atoms with E-state index in [2.05, 4.69) is 0 Å². The first-order chi connectivity index (χ1) is 13.6. The van der Waals surface area contributed by atoms with Gasteiger partial charge < -0.3 is 9.64 Å². The van der Waals surface area contributed by atoms with Crippen molar-refractivity contribution in [3.63, 3.8) is 0 Å². The fourth-order valence-electron chi connectivity index (χ4n) is 3.89. The number of para-hydroxylation sites is 1. The van der Waals surface area contributed by atoms with Gasteiger partial charge in [0, 0.05) is 26.2 Å². The minimum absolute atomic E-state index is 0.171. The standard InChI is InChI=1S/C21H22FN3O3/c1-28-16-8-6-15(7-9-16)25-20(26)14-19(21(25)27)24-12-10-23(11-13-24)18-5-3-2-4-17(18)22/h2-9,19H,10-14H2,1H3/t19-/m1/s1. The van der Waals surface area contributed by atoms with Crippen molar-refractivity contribution in [3.05, 3.63) is 54.3 Å². The number of ether oxygens (including phenoxy) is 1. The second-order valence-electron chi connectivity index (χ2n) is 6.96. The van der Waals surface area contributed by atoms with Gasteiger partial charge >= 0.3 is 0 Å². The Morgan fingerprint density at radius 1 is 0.964 bits per heavy atom. The van der Waals surface area contributed by atoms with Crippen molar-refractivity contribution in [2.75, 3.05) is 43.1 Å². The van der Waals surface area contributed by atoms with Crippen molar-refractivity contribution in [1.29, 1.82) is 0 Å². The van der Waals surface area contributed by atoms with Crippen LogP contribution in [0.1, 0.15) is 6.42 Å². The molecule has 2 aromatic carbocycles. The highest BCUT2D eigenvalue weighted by molar-refractivity contribution is 6.22. The number of hydrogen-bond donors (Lipinski definition) is 0. The van der Waals surface area contributed by atoms with Crippen LogP contribution in [0.25, 0.3) is 0 Å². The second-order valence-corrected chi connectivity index (χ2v) is 6.96. The number of halogens is 1. The molecule has 28 heavy (non-hydrogen) atoms. The Balaban J connectivity index is 1.44. The summed E-state index contributed by atoms with van der Waals surface area (Å²) in [5, 5.41) is 0. The van der Waals surface area contributed by atoms with Gasteiger partial charge in [-0.1, -0.05) is 12.1 Å². The van der Waals surface area contributed by atoms with Crippen molar-refractivity contribution >= 4 is 23.2 Å². The average molecular weight is 383 g/mol. The molecule has 0 radical (unpaired) electrons. The van der Waals surface area contributed by atoms with E-state index < -0.39 is 6.04 Å². The Morgan fingerprint density at radius 2 is 1.64 bits per heavy atom. The van der Waals surface area contributed by atoms with Gasteiger partial charge in [0.2, 0.25) is 5.91 Å². The SMILES string of the molecule is COc1ccc(N2C(=O)C[C@@H](N3CCN(c4ccccc4F)CC3)C2=O)cc1. The van der Waals surface area contributed by atoms with E-state index in [1.165, 1.54) is 11.0 Å². The zero-order valence-corrected chi connectivity index (χ0v) is 15.7. The first-order valence-electron chi connectivity index (χ1n) is 9.33. The van der Waals surface area contributed by atoms with E-state index >= 15 is 0 Å². The third-order valence-electron chi connectivity index (χ3n) is 5.40. The van der Waals surface area contributed by atoms with Crippen LogP contribution in [-0.2, 0) is 9.59 Å². The molecule has 2 saturated heterocycles. The molecule has 2 amide bonds. The van der Waals surface area contributed by atoms with E-state index in [4.69, 9.17) is 4.74 Å². The van der Waals surface area contributed by atoms with Crippen molar-refractivity contribution in [3.8, 4) is 5.75 Å². The summed E-state index contributed by atoms with van der Waals surface area (Å²) in [6.45, 7) is 2.44. The van der Waals surface area contributed by atoms with Crippen LogP contribution in [0, 0.1) is 5.82 Å². The molecule has 6 nitrogen and oxygen atoms in total. The van der Waals surface area contributed by atoms with E-state index in [9.17, 15) is 14.0 Å². The molecule has 7 heteroatoms. The largest absolute Gasteiger partial charge is 0.497 e. The molecular formula is C21H22FN3O3. The van der Waals surface area contributed by atoms with Crippen LogP contribution in [0.2, 0.25) is 0 Å². The van der Waals surface area contributed by atoms with Gasteiger partial charge in [-0.15, -0.1) is 0 Å². The number of piperazine rings is 1. The number of imide groups is 1. The summed E-state index contributed by atoms with van der Waals surface area (Å²) in [5.41, 5.74) is 1.14. The molecule has 1 atom stereocenters. The van der Waals surface area contributed by atoms with Crippen LogP contribution in [0.15, 0.2) is 48.5 Å². The molecular weight excluding hydrogens is 361 g/mol. The lowest BCUT2D eigenvalue weighted by Gasteiger charge is -2.38. The molecule has 2 aliphatic rings. The van der Waals surface area contributed by atoms with Gasteiger partial charge in [-0.05, 0) is 36.4 Å². The molecule has 0 saturated carbocycles. The van der Waals surface area contributed by atoms with Crippen LogP contribution in [-0.4, -0.2) is 56.0 Å². The maximum atomic E-state index is 14.0. The van der Waals surface area contributed by atoms with E-state index in [-0.39, 0.29) is 24.1 Å². The van der Waals surface area contributed by atoms with E-state index in [0.717, 1.165) is 0 Å². The molecule has 0 spiro atoms. The summed E-state index contributed by atoms with van der Waals surface area (Å²) in [4.78, 5) is 30.7. The van der Waals surface area contributed by atoms with Crippen LogP contribution >= 0.6 is 0 Å². The van der Waals surface area contributed by atoms with E-state index in [0.29, 0.717) is 43.3 Å². The molecule has 0 bridgehead atoms. The highest BCUT2D eigenvalue weighted by Crippen LogP contribution is 2.28. The zero-order chi connectivity index (χ0) is 19.7. The smallest absolute Gasteiger partial charge is 0.251 e. The van der Waals surface area contributed by atoms with Crippen molar-refractivity contribution in [1.82, 2.24) is 4.90 Å². The lowest BCUT2D eigenvalue weighted by Crippen LogP contribution is -2.52. The predicted molar refractivity (Wildman–Crippen MR) is 104 cm³/mol. The highest BCUT2D eigenvalue weighted by Gasteiger charge is 2.43. The monoisotopic (exact) mass is 383 g/mol. The molecule has 0 aromatic heterocycles. The lowest BCUT2D eigenvalue weighted by molar-refractivity contribution is -0.123. The third kappa shape index (κ3) is 3.33. The van der Waals surface area contributed by atoms with Crippen LogP contribution in [0.4, 0.5) is 15.8 Å². The summed E-state index contributed by atoms with van der Waals surface area (Å²) in [6, 6.07) is 13.1. The minimum atomic E-state index is -0.461. The maximum Gasteiger partial charge on any atom is 0.251 e. The number of carbonyl (C=O) groups excluding carboxylic acids is 2. The number of anilines is 2. The molecule has 4 rings (SSSR count). The van der Waals surface area contributed by atoms with Gasteiger partial charge in [0.15, 0.2) is 0 Å². The Hall–Kier alpha value is -2.93. The van der Waals surface area contributed by atoms with Crippen LogP contribution < -0.4 is 14.5 Å². The Kier molecular flexibility index (Phi) is 5.00. The predicted octanol–water partition coefficient (Wildman–Crippen LogP) is 2.29. The summed E-state index contributed by atoms with van der Waals surface area (Å²) in [7, 11) is 1.57. The molecule has 2 heterocycles.